The molecular formula is C23H16N2O2S2. The van der Waals surface area contributed by atoms with Crippen LogP contribution in [0.4, 0.5) is 0 Å². The van der Waals surface area contributed by atoms with E-state index in [1.54, 1.807) is 17.4 Å². The van der Waals surface area contributed by atoms with E-state index in [1.165, 1.54) is 16.9 Å². The van der Waals surface area contributed by atoms with Crippen molar-refractivity contribution in [1.29, 1.82) is 0 Å². The predicted octanol–water partition coefficient (Wildman–Crippen LogP) is 5.94. The molecule has 5 aromatic rings. The summed E-state index contributed by atoms with van der Waals surface area (Å²) < 4.78 is 5.43. The first kappa shape index (κ1) is 18.0. The van der Waals surface area contributed by atoms with Crippen molar-refractivity contribution in [3.05, 3.63) is 92.0 Å². The van der Waals surface area contributed by atoms with Crippen LogP contribution in [0.5, 0.6) is 0 Å². The zero-order valence-electron chi connectivity index (χ0n) is 15.6. The molecule has 3 aromatic heterocycles. The Bertz CT molecular complexity index is 1360. The Balaban J connectivity index is 1.40. The second-order valence-corrected chi connectivity index (χ2v) is 8.60. The van der Waals surface area contributed by atoms with Gasteiger partial charge < -0.3 is 4.42 Å². The molecule has 0 N–H and O–H groups in total. The van der Waals surface area contributed by atoms with E-state index in [0.717, 1.165) is 26.7 Å². The van der Waals surface area contributed by atoms with Gasteiger partial charge in [0.15, 0.2) is 0 Å². The third-order valence-corrected chi connectivity index (χ3v) is 6.44. The fourth-order valence-electron chi connectivity index (χ4n) is 3.13. The third kappa shape index (κ3) is 3.64. The predicted molar refractivity (Wildman–Crippen MR) is 119 cm³/mol. The largest absolute Gasteiger partial charge is 0.422 e. The fraction of sp³-hybridized carbons (Fsp3) is 0.0870. The minimum atomic E-state index is -0.365. The van der Waals surface area contributed by atoms with E-state index in [1.807, 2.05) is 29.6 Å². The minimum Gasteiger partial charge on any atom is -0.422 e. The summed E-state index contributed by atoms with van der Waals surface area (Å²) in [5, 5.41) is 6.80. The lowest BCUT2D eigenvalue weighted by Gasteiger charge is -1.99. The summed E-state index contributed by atoms with van der Waals surface area (Å²) in [6, 6.07) is 17.7. The Morgan fingerprint density at radius 2 is 1.79 bits per heavy atom. The second kappa shape index (κ2) is 7.39. The highest BCUT2D eigenvalue weighted by Crippen LogP contribution is 2.27. The number of thiazole rings is 2. The SMILES string of the molecule is Cc1ccc(-c2nc(Cc3nc(-c4cc5ccccc5oc4=O)cs3)cs2)cc1. The summed E-state index contributed by atoms with van der Waals surface area (Å²) in [6.45, 7) is 2.08. The van der Waals surface area contributed by atoms with Crippen LogP contribution in [0.15, 0.2) is 74.6 Å². The lowest BCUT2D eigenvalue weighted by atomic mass is 10.1. The zero-order valence-corrected chi connectivity index (χ0v) is 17.2. The van der Waals surface area contributed by atoms with Gasteiger partial charge in [-0.05, 0) is 19.1 Å². The summed E-state index contributed by atoms with van der Waals surface area (Å²) in [7, 11) is 0. The van der Waals surface area contributed by atoms with Gasteiger partial charge in [-0.3, -0.25) is 0 Å². The fourth-order valence-corrected chi connectivity index (χ4v) is 4.76. The Labute approximate surface area is 175 Å². The average molecular weight is 417 g/mol. The summed E-state index contributed by atoms with van der Waals surface area (Å²) >= 11 is 3.17. The molecule has 2 aromatic carbocycles. The number of hydrogen-bond donors (Lipinski definition) is 0. The quantitative estimate of drug-likeness (QED) is 0.340. The number of para-hydroxylation sites is 1. The number of aromatic nitrogens is 2. The molecule has 142 valence electrons. The summed E-state index contributed by atoms with van der Waals surface area (Å²) in [4.78, 5) is 21.8. The normalized spacial score (nSPS) is 11.2. The first-order valence-corrected chi connectivity index (χ1v) is 10.9. The minimum absolute atomic E-state index is 0.365. The van der Waals surface area contributed by atoms with E-state index in [2.05, 4.69) is 41.6 Å². The smallest absolute Gasteiger partial charge is 0.345 e. The van der Waals surface area contributed by atoms with Crippen LogP contribution in [0.1, 0.15) is 16.3 Å². The number of benzene rings is 2. The Morgan fingerprint density at radius 1 is 0.966 bits per heavy atom. The van der Waals surface area contributed by atoms with Crippen LogP contribution in [0.2, 0.25) is 0 Å². The maximum Gasteiger partial charge on any atom is 0.345 e. The van der Waals surface area contributed by atoms with Crippen molar-refractivity contribution in [2.75, 3.05) is 0 Å². The van der Waals surface area contributed by atoms with Crippen molar-refractivity contribution in [2.24, 2.45) is 0 Å². The van der Waals surface area contributed by atoms with Gasteiger partial charge in [-0.25, -0.2) is 14.8 Å². The molecule has 0 saturated carbocycles. The molecule has 5 rings (SSSR count). The van der Waals surface area contributed by atoms with Crippen molar-refractivity contribution in [2.45, 2.75) is 13.3 Å². The van der Waals surface area contributed by atoms with Gasteiger partial charge in [-0.2, -0.15) is 0 Å². The van der Waals surface area contributed by atoms with Crippen molar-refractivity contribution >= 4 is 33.6 Å². The van der Waals surface area contributed by atoms with E-state index in [-0.39, 0.29) is 5.63 Å². The van der Waals surface area contributed by atoms with E-state index >= 15 is 0 Å². The molecule has 0 fully saturated rings. The topological polar surface area (TPSA) is 56.0 Å². The van der Waals surface area contributed by atoms with E-state index in [4.69, 9.17) is 9.40 Å². The average Bonchev–Trinajstić information content (AvgIpc) is 3.38. The number of nitrogens with zero attached hydrogens (tertiary/aromatic N) is 2. The number of hydrogen-bond acceptors (Lipinski definition) is 6. The number of aryl methyl sites for hydroxylation is 1. The number of fused-ring (bicyclic) bond motifs is 1. The van der Waals surface area contributed by atoms with Crippen LogP contribution in [-0.2, 0) is 6.42 Å². The maximum absolute atomic E-state index is 12.4. The summed E-state index contributed by atoms with van der Waals surface area (Å²) in [5.74, 6) is 0. The van der Waals surface area contributed by atoms with Crippen LogP contribution < -0.4 is 5.63 Å². The van der Waals surface area contributed by atoms with Crippen molar-refractivity contribution in [3.63, 3.8) is 0 Å². The van der Waals surface area contributed by atoms with Gasteiger partial charge in [0.25, 0.3) is 0 Å². The molecule has 29 heavy (non-hydrogen) atoms. The van der Waals surface area contributed by atoms with Crippen LogP contribution >= 0.6 is 22.7 Å². The summed E-state index contributed by atoms with van der Waals surface area (Å²) in [6.07, 6.45) is 0.645. The third-order valence-electron chi connectivity index (χ3n) is 4.65. The van der Waals surface area contributed by atoms with Gasteiger partial charge in [-0.15, -0.1) is 22.7 Å². The molecule has 0 spiro atoms. The molecule has 0 saturated heterocycles. The molecular weight excluding hydrogens is 400 g/mol. The number of rotatable bonds is 4. The molecule has 0 atom stereocenters. The summed E-state index contributed by atoms with van der Waals surface area (Å²) in [5.41, 5.74) is 4.71. The molecule has 0 amide bonds. The molecule has 0 unspecified atom stereocenters. The van der Waals surface area contributed by atoms with E-state index < -0.39 is 0 Å². The molecule has 0 aliphatic carbocycles. The van der Waals surface area contributed by atoms with Gasteiger partial charge >= 0.3 is 5.63 Å². The first-order valence-electron chi connectivity index (χ1n) is 9.15. The monoisotopic (exact) mass is 416 g/mol. The van der Waals surface area contributed by atoms with E-state index in [9.17, 15) is 4.79 Å². The molecule has 3 heterocycles. The van der Waals surface area contributed by atoms with Gasteiger partial charge in [0.1, 0.15) is 10.6 Å². The molecule has 0 aliphatic rings. The lowest BCUT2D eigenvalue weighted by Crippen LogP contribution is -2.03. The van der Waals surface area contributed by atoms with Crippen LogP contribution in [0, 0.1) is 6.92 Å². The van der Waals surface area contributed by atoms with Crippen molar-refractivity contribution < 1.29 is 4.42 Å². The Hall–Kier alpha value is -3.09. The highest BCUT2D eigenvalue weighted by Gasteiger charge is 2.13. The second-order valence-electron chi connectivity index (χ2n) is 6.80. The van der Waals surface area contributed by atoms with Crippen molar-refractivity contribution in [3.8, 4) is 21.8 Å². The van der Waals surface area contributed by atoms with Gasteiger partial charge in [0.2, 0.25) is 0 Å². The zero-order chi connectivity index (χ0) is 19.8. The van der Waals surface area contributed by atoms with Crippen molar-refractivity contribution in [1.82, 2.24) is 9.97 Å². The Kier molecular flexibility index (Phi) is 4.58. The lowest BCUT2D eigenvalue weighted by molar-refractivity contribution is 0.563. The molecule has 6 heteroatoms. The highest BCUT2D eigenvalue weighted by molar-refractivity contribution is 7.13. The first-order chi connectivity index (χ1) is 14.2. The van der Waals surface area contributed by atoms with Crippen LogP contribution in [-0.4, -0.2) is 9.97 Å². The van der Waals surface area contributed by atoms with Crippen LogP contribution in [0.3, 0.4) is 0 Å². The van der Waals surface area contributed by atoms with Crippen LogP contribution in [0.25, 0.3) is 32.8 Å². The standard InChI is InChI=1S/C23H16N2O2S2/c1-14-6-8-15(9-7-14)22-24-17(12-29-22)11-21-25-19(13-28-21)18-10-16-4-2-3-5-20(16)27-23(18)26/h2-10,12-13H,11H2,1H3. The molecule has 0 radical (unpaired) electrons. The molecule has 0 bridgehead atoms. The van der Waals surface area contributed by atoms with Gasteiger partial charge in [0, 0.05) is 28.1 Å². The van der Waals surface area contributed by atoms with Gasteiger partial charge in [0.05, 0.1) is 22.0 Å². The van der Waals surface area contributed by atoms with Gasteiger partial charge in [-0.1, -0.05) is 48.0 Å². The Morgan fingerprint density at radius 3 is 2.66 bits per heavy atom. The molecule has 4 nitrogen and oxygen atoms in total. The maximum atomic E-state index is 12.4. The van der Waals surface area contributed by atoms with E-state index in [0.29, 0.717) is 23.3 Å². The molecule has 0 aliphatic heterocycles. The highest BCUT2D eigenvalue weighted by atomic mass is 32.1.